The Morgan fingerprint density at radius 1 is 1.56 bits per heavy atom. The van der Waals surface area contributed by atoms with E-state index in [1.54, 1.807) is 17.6 Å². The van der Waals surface area contributed by atoms with Gasteiger partial charge in [-0.05, 0) is 24.6 Å². The van der Waals surface area contributed by atoms with E-state index in [9.17, 15) is 4.79 Å². The van der Waals surface area contributed by atoms with Gasteiger partial charge in [0, 0.05) is 10.7 Å². The summed E-state index contributed by atoms with van der Waals surface area (Å²) in [5, 5.41) is 11.0. The van der Waals surface area contributed by atoms with E-state index in [0.29, 0.717) is 10.8 Å². The second kappa shape index (κ2) is 6.17. The lowest BCUT2D eigenvalue weighted by molar-refractivity contribution is -0.113. The SMILES string of the molecule is Cc1ccc(Cl)cc1NC(=O)CSc1nncs1. The fourth-order valence-corrected chi connectivity index (χ4v) is 2.73. The number of nitrogens with one attached hydrogen (secondary N) is 1. The second-order valence-corrected chi connectivity index (χ2v) is 5.99. The van der Waals surface area contributed by atoms with Crippen molar-refractivity contribution in [2.45, 2.75) is 11.3 Å². The van der Waals surface area contributed by atoms with E-state index in [1.807, 2.05) is 13.0 Å². The van der Waals surface area contributed by atoms with Crippen molar-refractivity contribution in [2.75, 3.05) is 11.1 Å². The first kappa shape index (κ1) is 13.3. The first-order chi connectivity index (χ1) is 8.65. The summed E-state index contributed by atoms with van der Waals surface area (Å²) < 4.78 is 0.785. The molecule has 4 nitrogen and oxygen atoms in total. The Balaban J connectivity index is 1.92. The van der Waals surface area contributed by atoms with Crippen molar-refractivity contribution in [3.8, 4) is 0 Å². The molecule has 0 saturated heterocycles. The van der Waals surface area contributed by atoms with Crippen LogP contribution >= 0.6 is 34.7 Å². The van der Waals surface area contributed by atoms with E-state index in [4.69, 9.17) is 11.6 Å². The van der Waals surface area contributed by atoms with E-state index < -0.39 is 0 Å². The van der Waals surface area contributed by atoms with Crippen LogP contribution in [0.4, 0.5) is 5.69 Å². The summed E-state index contributed by atoms with van der Waals surface area (Å²) in [4.78, 5) is 11.8. The molecule has 1 heterocycles. The van der Waals surface area contributed by atoms with Crippen LogP contribution in [0, 0.1) is 6.92 Å². The molecule has 0 aliphatic carbocycles. The van der Waals surface area contributed by atoms with Crippen LogP contribution in [0.2, 0.25) is 5.02 Å². The Hall–Kier alpha value is -1.11. The summed E-state index contributed by atoms with van der Waals surface area (Å²) in [7, 11) is 0. The van der Waals surface area contributed by atoms with Gasteiger partial charge in [-0.3, -0.25) is 4.79 Å². The lowest BCUT2D eigenvalue weighted by Gasteiger charge is -2.07. The van der Waals surface area contributed by atoms with Gasteiger partial charge < -0.3 is 5.32 Å². The number of nitrogens with zero attached hydrogens (tertiary/aromatic N) is 2. The molecule has 94 valence electrons. The number of halogens is 1. The molecule has 0 radical (unpaired) electrons. The fourth-order valence-electron chi connectivity index (χ4n) is 1.27. The predicted molar refractivity (Wildman–Crippen MR) is 75.5 cm³/mol. The van der Waals surface area contributed by atoms with Crippen molar-refractivity contribution >= 4 is 46.3 Å². The summed E-state index contributed by atoms with van der Waals surface area (Å²) in [6.45, 7) is 1.92. The highest BCUT2D eigenvalue weighted by atomic mass is 35.5. The molecule has 2 rings (SSSR count). The summed E-state index contributed by atoms with van der Waals surface area (Å²) >= 11 is 8.67. The lowest BCUT2D eigenvalue weighted by atomic mass is 10.2. The Kier molecular flexibility index (Phi) is 4.57. The maximum absolute atomic E-state index is 11.8. The van der Waals surface area contributed by atoms with Gasteiger partial charge in [0.2, 0.25) is 5.91 Å². The summed E-state index contributed by atoms with van der Waals surface area (Å²) in [6, 6.07) is 5.41. The molecule has 1 N–H and O–H groups in total. The first-order valence-corrected chi connectivity index (χ1v) is 7.34. The predicted octanol–water partition coefficient (Wildman–Crippen LogP) is 3.23. The van der Waals surface area contributed by atoms with E-state index in [1.165, 1.54) is 23.1 Å². The van der Waals surface area contributed by atoms with Crippen LogP contribution in [0.1, 0.15) is 5.56 Å². The average molecular weight is 300 g/mol. The number of amides is 1. The quantitative estimate of drug-likeness (QED) is 0.881. The molecule has 0 saturated carbocycles. The second-order valence-electron chi connectivity index (χ2n) is 3.50. The number of thioether (sulfide) groups is 1. The highest BCUT2D eigenvalue weighted by Crippen LogP contribution is 2.22. The summed E-state index contributed by atoms with van der Waals surface area (Å²) in [5.74, 6) is 0.224. The van der Waals surface area contributed by atoms with Crippen molar-refractivity contribution < 1.29 is 4.79 Å². The van der Waals surface area contributed by atoms with Crippen LogP contribution < -0.4 is 5.32 Å². The molecule has 1 aromatic carbocycles. The zero-order chi connectivity index (χ0) is 13.0. The van der Waals surface area contributed by atoms with Crippen LogP contribution in [0.3, 0.4) is 0 Å². The number of rotatable bonds is 4. The number of benzene rings is 1. The molecule has 7 heteroatoms. The molecular formula is C11H10ClN3OS2. The van der Waals surface area contributed by atoms with Gasteiger partial charge in [0.1, 0.15) is 5.51 Å². The van der Waals surface area contributed by atoms with Gasteiger partial charge in [-0.15, -0.1) is 10.2 Å². The minimum atomic E-state index is -0.0828. The molecule has 0 unspecified atom stereocenters. The summed E-state index contributed by atoms with van der Waals surface area (Å²) in [6.07, 6.45) is 0. The van der Waals surface area contributed by atoms with Crippen molar-refractivity contribution in [3.05, 3.63) is 34.3 Å². The number of aromatic nitrogens is 2. The van der Waals surface area contributed by atoms with Crippen LogP contribution in [0.15, 0.2) is 28.0 Å². The average Bonchev–Trinajstić information content (AvgIpc) is 2.84. The third kappa shape index (κ3) is 3.69. The van der Waals surface area contributed by atoms with Crippen LogP contribution in [0.25, 0.3) is 0 Å². The Labute approximate surface area is 118 Å². The molecule has 18 heavy (non-hydrogen) atoms. The number of carbonyl (C=O) groups is 1. The van der Waals surface area contributed by atoms with Crippen molar-refractivity contribution in [1.82, 2.24) is 10.2 Å². The normalized spacial score (nSPS) is 10.3. The zero-order valence-electron chi connectivity index (χ0n) is 9.51. The van der Waals surface area contributed by atoms with Crippen LogP contribution in [-0.4, -0.2) is 21.9 Å². The molecular weight excluding hydrogens is 290 g/mol. The monoisotopic (exact) mass is 299 g/mol. The Bertz CT molecular complexity index is 545. The van der Waals surface area contributed by atoms with Gasteiger partial charge in [-0.25, -0.2) is 0 Å². The fraction of sp³-hybridized carbons (Fsp3) is 0.182. The summed E-state index contributed by atoms with van der Waals surface area (Å²) in [5.41, 5.74) is 3.36. The van der Waals surface area contributed by atoms with Gasteiger partial charge in [-0.2, -0.15) is 0 Å². The van der Waals surface area contributed by atoms with Gasteiger partial charge in [-0.1, -0.05) is 40.8 Å². The molecule has 1 aromatic heterocycles. The number of aryl methyl sites for hydroxylation is 1. The van der Waals surface area contributed by atoms with Crippen LogP contribution in [-0.2, 0) is 4.79 Å². The van der Waals surface area contributed by atoms with Crippen molar-refractivity contribution in [2.24, 2.45) is 0 Å². The molecule has 1 amide bonds. The number of carbonyl (C=O) groups excluding carboxylic acids is 1. The standard InChI is InChI=1S/C11H10ClN3OS2/c1-7-2-3-8(12)4-9(7)14-10(16)5-17-11-15-13-6-18-11/h2-4,6H,5H2,1H3,(H,14,16). The van der Waals surface area contributed by atoms with Crippen LogP contribution in [0.5, 0.6) is 0 Å². The maximum Gasteiger partial charge on any atom is 0.234 e. The molecule has 0 fully saturated rings. The highest BCUT2D eigenvalue weighted by molar-refractivity contribution is 8.01. The number of anilines is 1. The van der Waals surface area contributed by atoms with Gasteiger partial charge >= 0.3 is 0 Å². The molecule has 0 bridgehead atoms. The minimum Gasteiger partial charge on any atom is -0.325 e. The van der Waals surface area contributed by atoms with E-state index in [-0.39, 0.29) is 5.91 Å². The third-order valence-electron chi connectivity index (χ3n) is 2.14. The molecule has 0 aliphatic heterocycles. The Morgan fingerprint density at radius 2 is 2.39 bits per heavy atom. The first-order valence-electron chi connectivity index (χ1n) is 5.10. The highest BCUT2D eigenvalue weighted by Gasteiger charge is 2.07. The largest absolute Gasteiger partial charge is 0.325 e. The minimum absolute atomic E-state index is 0.0828. The van der Waals surface area contributed by atoms with E-state index in [2.05, 4.69) is 15.5 Å². The lowest BCUT2D eigenvalue weighted by Crippen LogP contribution is -2.14. The Morgan fingerprint density at radius 3 is 3.11 bits per heavy atom. The topological polar surface area (TPSA) is 54.9 Å². The smallest absolute Gasteiger partial charge is 0.234 e. The van der Waals surface area contributed by atoms with Crippen molar-refractivity contribution in [3.63, 3.8) is 0 Å². The molecule has 0 aliphatic rings. The zero-order valence-corrected chi connectivity index (χ0v) is 11.9. The molecule has 0 atom stereocenters. The van der Waals surface area contributed by atoms with Gasteiger partial charge in [0.25, 0.3) is 0 Å². The number of hydrogen-bond donors (Lipinski definition) is 1. The molecule has 2 aromatic rings. The van der Waals surface area contributed by atoms with Gasteiger partial charge in [0.15, 0.2) is 4.34 Å². The third-order valence-corrected chi connectivity index (χ3v) is 4.24. The van der Waals surface area contributed by atoms with E-state index >= 15 is 0 Å². The van der Waals surface area contributed by atoms with Gasteiger partial charge in [0.05, 0.1) is 5.75 Å². The number of hydrogen-bond acceptors (Lipinski definition) is 5. The van der Waals surface area contributed by atoms with Crippen molar-refractivity contribution in [1.29, 1.82) is 0 Å². The maximum atomic E-state index is 11.8. The van der Waals surface area contributed by atoms with E-state index in [0.717, 1.165) is 15.6 Å². The molecule has 0 spiro atoms.